The maximum atomic E-state index is 6.29. The molecular weight excluding hydrogens is 400 g/mol. The number of nitrogens with zero attached hydrogens (tertiary/aromatic N) is 4. The number of rotatable bonds is 6. The molecule has 0 bridgehead atoms. The molecule has 0 N–H and O–H groups in total. The molecule has 0 aliphatic carbocycles. The highest BCUT2D eigenvalue weighted by Crippen LogP contribution is 2.39. The van der Waals surface area contributed by atoms with E-state index in [1.165, 1.54) is 27.8 Å². The van der Waals surface area contributed by atoms with Gasteiger partial charge < -0.3 is 4.90 Å². The molecule has 3 heterocycles. The van der Waals surface area contributed by atoms with Gasteiger partial charge in [0.05, 0.1) is 5.39 Å². The number of pyridine rings is 1. The van der Waals surface area contributed by atoms with Crippen molar-refractivity contribution in [3.05, 3.63) is 70.1 Å². The molecule has 29 heavy (non-hydrogen) atoms. The van der Waals surface area contributed by atoms with Crippen molar-refractivity contribution < 1.29 is 0 Å². The Bertz CT molecular complexity index is 1140. The molecule has 0 fully saturated rings. The SMILES string of the molecule is CCN(CCc1ccncc1)c1nc(Cl)nc2scc(-c3ccc(C)c(C)c3)c12. The predicted octanol–water partition coefficient (Wildman–Crippen LogP) is 6.09. The Balaban J connectivity index is 1.77. The Morgan fingerprint density at radius 3 is 2.55 bits per heavy atom. The second kappa shape index (κ2) is 8.47. The van der Waals surface area contributed by atoms with E-state index in [0.29, 0.717) is 5.28 Å². The summed E-state index contributed by atoms with van der Waals surface area (Å²) in [6.07, 6.45) is 4.59. The quantitative estimate of drug-likeness (QED) is 0.352. The molecule has 148 valence electrons. The van der Waals surface area contributed by atoms with Gasteiger partial charge in [-0.3, -0.25) is 4.98 Å². The largest absolute Gasteiger partial charge is 0.356 e. The summed E-state index contributed by atoms with van der Waals surface area (Å²) in [5.74, 6) is 0.908. The zero-order valence-corrected chi connectivity index (χ0v) is 18.4. The molecule has 4 rings (SSSR count). The first kappa shape index (κ1) is 19.8. The number of halogens is 1. The van der Waals surface area contributed by atoms with Gasteiger partial charge in [-0.25, -0.2) is 4.98 Å². The summed E-state index contributed by atoms with van der Waals surface area (Å²) in [5.41, 5.74) is 6.19. The van der Waals surface area contributed by atoms with Crippen molar-refractivity contribution in [1.82, 2.24) is 15.0 Å². The lowest BCUT2D eigenvalue weighted by Crippen LogP contribution is -2.26. The summed E-state index contributed by atoms with van der Waals surface area (Å²) in [6.45, 7) is 8.13. The van der Waals surface area contributed by atoms with Crippen LogP contribution in [0.2, 0.25) is 5.28 Å². The van der Waals surface area contributed by atoms with Gasteiger partial charge in [0.15, 0.2) is 0 Å². The minimum atomic E-state index is 0.295. The predicted molar refractivity (Wildman–Crippen MR) is 123 cm³/mol. The number of hydrogen-bond acceptors (Lipinski definition) is 5. The van der Waals surface area contributed by atoms with E-state index in [1.807, 2.05) is 12.4 Å². The Morgan fingerprint density at radius 1 is 1.03 bits per heavy atom. The van der Waals surface area contributed by atoms with Crippen molar-refractivity contribution in [2.45, 2.75) is 27.2 Å². The van der Waals surface area contributed by atoms with Crippen LogP contribution in [0.15, 0.2) is 48.1 Å². The number of benzene rings is 1. The monoisotopic (exact) mass is 422 g/mol. The smallest absolute Gasteiger partial charge is 0.225 e. The molecule has 6 heteroatoms. The van der Waals surface area contributed by atoms with Gasteiger partial charge >= 0.3 is 0 Å². The number of hydrogen-bond donors (Lipinski definition) is 0. The van der Waals surface area contributed by atoms with E-state index in [0.717, 1.165) is 35.5 Å². The average Bonchev–Trinajstić information content (AvgIpc) is 3.15. The minimum Gasteiger partial charge on any atom is -0.356 e. The van der Waals surface area contributed by atoms with Crippen molar-refractivity contribution in [2.24, 2.45) is 0 Å². The molecule has 0 atom stereocenters. The van der Waals surface area contributed by atoms with Gasteiger partial charge in [-0.1, -0.05) is 18.2 Å². The molecule has 0 saturated heterocycles. The number of thiophene rings is 1. The van der Waals surface area contributed by atoms with Crippen LogP contribution in [-0.4, -0.2) is 28.0 Å². The third kappa shape index (κ3) is 4.11. The number of aromatic nitrogens is 3. The van der Waals surface area contributed by atoms with Gasteiger partial charge in [0.25, 0.3) is 0 Å². The van der Waals surface area contributed by atoms with Crippen LogP contribution in [0.25, 0.3) is 21.3 Å². The van der Waals surface area contributed by atoms with Crippen molar-refractivity contribution in [3.8, 4) is 11.1 Å². The Morgan fingerprint density at radius 2 is 1.83 bits per heavy atom. The zero-order valence-electron chi connectivity index (χ0n) is 16.8. The fourth-order valence-corrected chi connectivity index (χ4v) is 4.63. The fourth-order valence-electron chi connectivity index (χ4n) is 3.48. The standard InChI is InChI=1S/C23H23ClN4S/c1-4-28(12-9-17-7-10-25-11-8-17)21-20-19(14-29-22(20)27-23(24)26-21)18-6-5-15(2)16(3)13-18/h5-8,10-11,13-14H,4,9,12H2,1-3H3. The summed E-state index contributed by atoms with van der Waals surface area (Å²) in [4.78, 5) is 16.5. The number of anilines is 1. The van der Waals surface area contributed by atoms with E-state index in [-0.39, 0.29) is 0 Å². The topological polar surface area (TPSA) is 41.9 Å². The van der Waals surface area contributed by atoms with Crippen LogP contribution in [0.4, 0.5) is 5.82 Å². The maximum absolute atomic E-state index is 6.29. The number of likely N-dealkylation sites (N-methyl/N-ethyl adjacent to an activating group) is 1. The molecule has 1 aromatic carbocycles. The van der Waals surface area contributed by atoms with Crippen LogP contribution in [0, 0.1) is 13.8 Å². The molecule has 0 unspecified atom stereocenters. The van der Waals surface area contributed by atoms with Crippen molar-refractivity contribution in [3.63, 3.8) is 0 Å². The van der Waals surface area contributed by atoms with Crippen molar-refractivity contribution in [2.75, 3.05) is 18.0 Å². The van der Waals surface area contributed by atoms with Gasteiger partial charge in [0, 0.05) is 36.4 Å². The summed E-state index contributed by atoms with van der Waals surface area (Å²) in [7, 11) is 0. The van der Waals surface area contributed by atoms with Crippen molar-refractivity contribution >= 4 is 39.0 Å². The average molecular weight is 423 g/mol. The third-order valence-electron chi connectivity index (χ3n) is 5.31. The highest BCUT2D eigenvalue weighted by molar-refractivity contribution is 7.17. The Hall–Kier alpha value is -2.50. The number of fused-ring (bicyclic) bond motifs is 1. The van der Waals surface area contributed by atoms with Crippen LogP contribution >= 0.6 is 22.9 Å². The normalized spacial score (nSPS) is 11.2. The molecule has 0 amide bonds. The van der Waals surface area contributed by atoms with Crippen LogP contribution in [0.5, 0.6) is 0 Å². The Kier molecular flexibility index (Phi) is 5.79. The van der Waals surface area contributed by atoms with Crippen LogP contribution in [0.1, 0.15) is 23.6 Å². The molecule has 0 spiro atoms. The molecule has 0 aliphatic rings. The van der Waals surface area contributed by atoms with E-state index in [1.54, 1.807) is 11.3 Å². The van der Waals surface area contributed by atoms with E-state index >= 15 is 0 Å². The summed E-state index contributed by atoms with van der Waals surface area (Å²) in [5, 5.41) is 3.54. The van der Waals surface area contributed by atoms with E-state index < -0.39 is 0 Å². The molecular formula is C23H23ClN4S. The van der Waals surface area contributed by atoms with Crippen LogP contribution < -0.4 is 4.90 Å². The van der Waals surface area contributed by atoms with Crippen molar-refractivity contribution in [1.29, 1.82) is 0 Å². The summed E-state index contributed by atoms with van der Waals surface area (Å²) in [6, 6.07) is 10.7. The highest BCUT2D eigenvalue weighted by atomic mass is 35.5. The molecule has 0 radical (unpaired) electrons. The zero-order chi connectivity index (χ0) is 20.4. The van der Waals surface area contributed by atoms with Gasteiger partial charge in [0.2, 0.25) is 5.28 Å². The molecule has 4 aromatic rings. The van der Waals surface area contributed by atoms with Crippen LogP contribution in [0.3, 0.4) is 0 Å². The van der Waals surface area contributed by atoms with Gasteiger partial charge in [0.1, 0.15) is 10.6 Å². The minimum absolute atomic E-state index is 0.295. The van der Waals surface area contributed by atoms with Gasteiger partial charge in [-0.2, -0.15) is 4.98 Å². The fraction of sp³-hybridized carbons (Fsp3) is 0.261. The highest BCUT2D eigenvalue weighted by Gasteiger charge is 2.19. The first-order chi connectivity index (χ1) is 14.1. The molecule has 3 aromatic heterocycles. The lowest BCUT2D eigenvalue weighted by atomic mass is 10.0. The first-order valence-corrected chi connectivity index (χ1v) is 11.0. The lowest BCUT2D eigenvalue weighted by Gasteiger charge is -2.23. The second-order valence-corrected chi connectivity index (χ2v) is 8.33. The lowest BCUT2D eigenvalue weighted by molar-refractivity contribution is 0.796. The van der Waals surface area contributed by atoms with Gasteiger partial charge in [-0.05, 0) is 73.2 Å². The van der Waals surface area contributed by atoms with E-state index in [9.17, 15) is 0 Å². The molecule has 0 aliphatic heterocycles. The third-order valence-corrected chi connectivity index (χ3v) is 6.35. The maximum Gasteiger partial charge on any atom is 0.225 e. The molecule has 0 saturated carbocycles. The molecule has 4 nitrogen and oxygen atoms in total. The van der Waals surface area contributed by atoms with E-state index in [2.05, 4.69) is 76.3 Å². The van der Waals surface area contributed by atoms with Gasteiger partial charge in [-0.15, -0.1) is 11.3 Å². The number of aryl methyl sites for hydroxylation is 2. The second-order valence-electron chi connectivity index (χ2n) is 7.13. The van der Waals surface area contributed by atoms with Crippen LogP contribution in [-0.2, 0) is 6.42 Å². The Labute approximate surface area is 180 Å². The summed E-state index contributed by atoms with van der Waals surface area (Å²) >= 11 is 7.91. The first-order valence-electron chi connectivity index (χ1n) is 9.73. The summed E-state index contributed by atoms with van der Waals surface area (Å²) < 4.78 is 0. The van der Waals surface area contributed by atoms with E-state index in [4.69, 9.17) is 11.6 Å².